The van der Waals surface area contributed by atoms with E-state index in [4.69, 9.17) is 9.15 Å². The van der Waals surface area contributed by atoms with Crippen LogP contribution in [0, 0.1) is 13.8 Å². The first-order valence-electron chi connectivity index (χ1n) is 9.82. The number of para-hydroxylation sites is 1. The van der Waals surface area contributed by atoms with Gasteiger partial charge in [-0.05, 0) is 41.8 Å². The Morgan fingerprint density at radius 3 is 2.57 bits per heavy atom. The Kier molecular flexibility index (Phi) is 4.21. The van der Waals surface area contributed by atoms with Crippen LogP contribution in [-0.4, -0.2) is 5.11 Å². The van der Waals surface area contributed by atoms with E-state index < -0.39 is 0 Å². The minimum Gasteiger partial charge on any atom is -0.507 e. The molecule has 5 rings (SSSR count). The molecule has 4 heteroatoms. The van der Waals surface area contributed by atoms with Crippen LogP contribution in [0.2, 0.25) is 0 Å². The zero-order valence-corrected chi connectivity index (χ0v) is 16.7. The highest BCUT2D eigenvalue weighted by molar-refractivity contribution is 5.94. The molecule has 0 aliphatic rings. The number of aromatic hydroxyl groups is 1. The molecular weight excluding hydrogens is 376 g/mol. The summed E-state index contributed by atoms with van der Waals surface area (Å²) in [7, 11) is 0. The van der Waals surface area contributed by atoms with Crippen LogP contribution < -0.4 is 10.2 Å². The molecule has 5 aromatic rings. The SMILES string of the molecule is Cc1ccc2ccccc2c1COc1cc(O)c2c(=O)c3cccc(C)c3oc2c1. The number of benzene rings is 4. The van der Waals surface area contributed by atoms with Crippen LogP contribution in [0.25, 0.3) is 32.7 Å². The minimum absolute atomic E-state index is 0.144. The molecule has 0 saturated heterocycles. The van der Waals surface area contributed by atoms with E-state index in [9.17, 15) is 9.90 Å². The van der Waals surface area contributed by atoms with Gasteiger partial charge in [-0.2, -0.15) is 0 Å². The van der Waals surface area contributed by atoms with E-state index in [2.05, 4.69) is 31.2 Å². The fourth-order valence-electron chi connectivity index (χ4n) is 3.97. The second-order valence-corrected chi connectivity index (χ2v) is 7.57. The monoisotopic (exact) mass is 396 g/mol. The molecule has 0 aliphatic carbocycles. The van der Waals surface area contributed by atoms with Gasteiger partial charge >= 0.3 is 0 Å². The van der Waals surface area contributed by atoms with Crippen LogP contribution in [0.4, 0.5) is 0 Å². The number of ether oxygens (including phenoxy) is 1. The van der Waals surface area contributed by atoms with Gasteiger partial charge < -0.3 is 14.3 Å². The molecule has 0 unspecified atom stereocenters. The van der Waals surface area contributed by atoms with Crippen molar-refractivity contribution in [2.45, 2.75) is 20.5 Å². The Morgan fingerprint density at radius 1 is 0.900 bits per heavy atom. The molecule has 148 valence electrons. The summed E-state index contributed by atoms with van der Waals surface area (Å²) in [6, 6.07) is 20.9. The molecule has 0 bridgehead atoms. The van der Waals surface area contributed by atoms with E-state index >= 15 is 0 Å². The van der Waals surface area contributed by atoms with Gasteiger partial charge in [0.25, 0.3) is 0 Å². The lowest BCUT2D eigenvalue weighted by Crippen LogP contribution is -2.04. The molecule has 0 amide bonds. The lowest BCUT2D eigenvalue weighted by Gasteiger charge is -2.13. The Hall–Kier alpha value is -3.79. The number of phenolic OH excluding ortho intramolecular Hbond substituents is 1. The molecule has 0 spiro atoms. The Labute approximate surface area is 173 Å². The van der Waals surface area contributed by atoms with Crippen molar-refractivity contribution in [3.05, 3.63) is 93.6 Å². The highest BCUT2D eigenvalue weighted by Crippen LogP contribution is 2.32. The summed E-state index contributed by atoms with van der Waals surface area (Å²) in [6.45, 7) is 4.28. The first-order chi connectivity index (χ1) is 14.5. The van der Waals surface area contributed by atoms with Crippen LogP contribution in [0.5, 0.6) is 11.5 Å². The Balaban J connectivity index is 1.59. The molecule has 0 atom stereocenters. The van der Waals surface area contributed by atoms with Crippen LogP contribution in [0.1, 0.15) is 16.7 Å². The third-order valence-electron chi connectivity index (χ3n) is 5.61. The average molecular weight is 396 g/mol. The van der Waals surface area contributed by atoms with Gasteiger partial charge in [0.2, 0.25) is 5.43 Å². The predicted octanol–water partition coefficient (Wildman–Crippen LogP) is 6.00. The van der Waals surface area contributed by atoms with E-state index in [1.165, 1.54) is 6.07 Å². The van der Waals surface area contributed by atoms with E-state index in [0.717, 1.165) is 27.5 Å². The van der Waals surface area contributed by atoms with E-state index in [1.54, 1.807) is 12.1 Å². The van der Waals surface area contributed by atoms with Gasteiger partial charge in [-0.1, -0.05) is 48.5 Å². The number of aryl methyl sites for hydroxylation is 2. The maximum atomic E-state index is 12.9. The molecule has 0 saturated carbocycles. The van der Waals surface area contributed by atoms with Gasteiger partial charge in [-0.25, -0.2) is 0 Å². The number of phenols is 1. The number of rotatable bonds is 3. The summed E-state index contributed by atoms with van der Waals surface area (Å²) >= 11 is 0. The summed E-state index contributed by atoms with van der Waals surface area (Å²) in [5.41, 5.74) is 3.67. The van der Waals surface area contributed by atoms with Crippen molar-refractivity contribution in [3.8, 4) is 11.5 Å². The van der Waals surface area contributed by atoms with Gasteiger partial charge in [0.15, 0.2) is 0 Å². The fourth-order valence-corrected chi connectivity index (χ4v) is 3.97. The molecule has 30 heavy (non-hydrogen) atoms. The molecule has 1 N–H and O–H groups in total. The second-order valence-electron chi connectivity index (χ2n) is 7.57. The van der Waals surface area contributed by atoms with Crippen molar-refractivity contribution in [3.63, 3.8) is 0 Å². The molecule has 0 fully saturated rings. The summed E-state index contributed by atoms with van der Waals surface area (Å²) in [6.07, 6.45) is 0. The zero-order chi connectivity index (χ0) is 20.8. The molecule has 0 aliphatic heterocycles. The smallest absolute Gasteiger partial charge is 0.204 e. The van der Waals surface area contributed by atoms with Crippen LogP contribution in [0.15, 0.2) is 75.9 Å². The second kappa shape index (κ2) is 6.92. The van der Waals surface area contributed by atoms with Gasteiger partial charge in [0, 0.05) is 17.7 Å². The Morgan fingerprint density at radius 2 is 1.70 bits per heavy atom. The summed E-state index contributed by atoms with van der Waals surface area (Å²) in [5.74, 6) is 0.303. The number of hydrogen-bond acceptors (Lipinski definition) is 4. The molecule has 1 heterocycles. The zero-order valence-electron chi connectivity index (χ0n) is 16.7. The first-order valence-corrected chi connectivity index (χ1v) is 9.82. The lowest BCUT2D eigenvalue weighted by atomic mass is 10.0. The van der Waals surface area contributed by atoms with E-state index in [-0.39, 0.29) is 16.6 Å². The van der Waals surface area contributed by atoms with Gasteiger partial charge in [0.05, 0.1) is 5.39 Å². The maximum absolute atomic E-state index is 12.9. The standard InChI is InChI=1S/C26H20O4/c1-15-10-11-17-7-3-4-8-19(17)21(15)14-29-18-12-22(27)24-23(13-18)30-26-16(2)6-5-9-20(26)25(24)28/h3-13,27H,14H2,1-2H3. The average Bonchev–Trinajstić information content (AvgIpc) is 2.74. The molecule has 1 aromatic heterocycles. The number of hydrogen-bond donors (Lipinski definition) is 1. The van der Waals surface area contributed by atoms with Crippen molar-refractivity contribution in [1.82, 2.24) is 0 Å². The van der Waals surface area contributed by atoms with E-state index in [0.29, 0.717) is 28.9 Å². The third-order valence-corrected chi connectivity index (χ3v) is 5.61. The summed E-state index contributed by atoms with van der Waals surface area (Å²) in [5, 5.41) is 13.5. The van der Waals surface area contributed by atoms with Crippen LogP contribution in [-0.2, 0) is 6.61 Å². The lowest BCUT2D eigenvalue weighted by molar-refractivity contribution is 0.305. The van der Waals surface area contributed by atoms with Crippen LogP contribution >= 0.6 is 0 Å². The van der Waals surface area contributed by atoms with Crippen molar-refractivity contribution < 1.29 is 14.3 Å². The number of fused-ring (bicyclic) bond motifs is 3. The molecule has 4 nitrogen and oxygen atoms in total. The van der Waals surface area contributed by atoms with Gasteiger partial charge in [-0.15, -0.1) is 0 Å². The summed E-state index contributed by atoms with van der Waals surface area (Å²) < 4.78 is 12.0. The van der Waals surface area contributed by atoms with Crippen molar-refractivity contribution in [1.29, 1.82) is 0 Å². The fraction of sp³-hybridized carbons (Fsp3) is 0.115. The highest BCUT2D eigenvalue weighted by Gasteiger charge is 2.15. The van der Waals surface area contributed by atoms with Crippen LogP contribution in [0.3, 0.4) is 0 Å². The van der Waals surface area contributed by atoms with Gasteiger partial charge in [-0.3, -0.25) is 4.79 Å². The van der Waals surface area contributed by atoms with Gasteiger partial charge in [0.1, 0.15) is 34.7 Å². The largest absolute Gasteiger partial charge is 0.507 e. The van der Waals surface area contributed by atoms with Crippen molar-refractivity contribution >= 4 is 32.7 Å². The third kappa shape index (κ3) is 2.89. The molecule has 0 radical (unpaired) electrons. The Bertz CT molecular complexity index is 1490. The topological polar surface area (TPSA) is 59.7 Å². The van der Waals surface area contributed by atoms with Crippen molar-refractivity contribution in [2.75, 3.05) is 0 Å². The minimum atomic E-state index is -0.246. The van der Waals surface area contributed by atoms with Crippen molar-refractivity contribution in [2.24, 2.45) is 0 Å². The quantitative estimate of drug-likeness (QED) is 0.380. The molecule has 4 aromatic carbocycles. The first kappa shape index (κ1) is 18.3. The van der Waals surface area contributed by atoms with E-state index in [1.807, 2.05) is 31.2 Å². The highest BCUT2D eigenvalue weighted by atomic mass is 16.5. The normalized spacial score (nSPS) is 11.4. The summed E-state index contributed by atoms with van der Waals surface area (Å²) in [4.78, 5) is 12.9. The predicted molar refractivity (Wildman–Crippen MR) is 119 cm³/mol. The maximum Gasteiger partial charge on any atom is 0.204 e. The molecular formula is C26H20O4.